The highest BCUT2D eigenvalue weighted by atomic mass is 35.5. The summed E-state index contributed by atoms with van der Waals surface area (Å²) in [5, 5.41) is 0.510. The molecule has 186 valence electrons. The second-order valence-electron chi connectivity index (χ2n) is 10.0. The summed E-state index contributed by atoms with van der Waals surface area (Å²) >= 11 is 5.84. The number of rotatable bonds is 6. The van der Waals surface area contributed by atoms with Crippen LogP contribution in [-0.4, -0.2) is 30.2 Å². The van der Waals surface area contributed by atoms with Crippen LogP contribution in [0.1, 0.15) is 45.0 Å². The summed E-state index contributed by atoms with van der Waals surface area (Å²) in [7, 11) is 0. The van der Waals surface area contributed by atoms with Gasteiger partial charge in [-0.25, -0.2) is 4.79 Å². The average molecular weight is 514 g/mol. The Morgan fingerprint density at radius 1 is 0.811 bits per heavy atom. The number of imide groups is 1. The van der Waals surface area contributed by atoms with Gasteiger partial charge in [0.05, 0.1) is 23.1 Å². The molecule has 0 unspecified atom stereocenters. The molecule has 1 aliphatic heterocycles. The molecule has 7 heteroatoms. The highest BCUT2D eigenvalue weighted by Crippen LogP contribution is 2.61. The molecule has 6 rings (SSSR count). The number of hydrogen-bond donors (Lipinski definition) is 0. The van der Waals surface area contributed by atoms with E-state index in [1.165, 1.54) is 22.6 Å². The van der Waals surface area contributed by atoms with Crippen molar-refractivity contribution in [1.82, 2.24) is 0 Å². The van der Waals surface area contributed by atoms with Gasteiger partial charge in [-0.1, -0.05) is 41.9 Å². The average Bonchev–Trinajstić information content (AvgIpc) is 3.59. The number of hydrogen-bond acceptors (Lipinski definition) is 5. The maximum absolute atomic E-state index is 13.5. The Morgan fingerprint density at radius 3 is 2.16 bits per heavy atom. The number of halogens is 1. The van der Waals surface area contributed by atoms with Crippen LogP contribution in [0.25, 0.3) is 0 Å². The minimum absolute atomic E-state index is 0.141. The van der Waals surface area contributed by atoms with Crippen LogP contribution in [0.15, 0.2) is 78.9 Å². The summed E-state index contributed by atoms with van der Waals surface area (Å²) in [6.45, 7) is -0.403. The fourth-order valence-corrected chi connectivity index (χ4v) is 6.60. The Hall–Kier alpha value is -3.77. The molecule has 0 N–H and O–H groups in total. The fraction of sp³-hybridized carbons (Fsp3) is 0.267. The molecule has 2 amide bonds. The summed E-state index contributed by atoms with van der Waals surface area (Å²) in [6, 6.07) is 22.8. The summed E-state index contributed by atoms with van der Waals surface area (Å²) in [4.78, 5) is 52.9. The summed E-state index contributed by atoms with van der Waals surface area (Å²) in [5.74, 6) is -1.15. The van der Waals surface area contributed by atoms with Crippen molar-refractivity contribution < 1.29 is 23.9 Å². The zero-order valence-corrected chi connectivity index (χ0v) is 20.6. The van der Waals surface area contributed by atoms with Crippen molar-refractivity contribution in [3.05, 3.63) is 101 Å². The van der Waals surface area contributed by atoms with Crippen molar-refractivity contribution in [2.75, 3.05) is 11.5 Å². The predicted molar refractivity (Wildman–Crippen MR) is 137 cm³/mol. The summed E-state index contributed by atoms with van der Waals surface area (Å²) in [5.41, 5.74) is 2.32. The van der Waals surface area contributed by atoms with Gasteiger partial charge in [0.2, 0.25) is 11.8 Å². The molecule has 0 spiro atoms. The van der Waals surface area contributed by atoms with Crippen LogP contribution in [-0.2, 0) is 14.3 Å². The van der Waals surface area contributed by atoms with Crippen molar-refractivity contribution >= 4 is 40.9 Å². The first kappa shape index (κ1) is 23.6. The number of Topliss-reactive ketones (excluding diaryl/α,β-unsaturated/α-hetero) is 1. The SMILES string of the molecule is O=C(COC(=O)c1ccc(N2C(=O)[C@@H]3[C@H]4C[C@H]([C@H]3C2=O)[C@H](c2ccccc2)C4)cc1)c1ccc(Cl)cc1. The van der Waals surface area contributed by atoms with Crippen molar-refractivity contribution in [3.8, 4) is 0 Å². The first-order valence-corrected chi connectivity index (χ1v) is 12.8. The second kappa shape index (κ2) is 9.27. The molecule has 0 radical (unpaired) electrons. The zero-order valence-electron chi connectivity index (χ0n) is 19.9. The second-order valence-corrected chi connectivity index (χ2v) is 10.5. The van der Waals surface area contributed by atoms with Gasteiger partial charge in [-0.3, -0.25) is 19.3 Å². The van der Waals surface area contributed by atoms with Crippen LogP contribution < -0.4 is 4.90 Å². The number of fused-ring (bicyclic) bond motifs is 5. The lowest BCUT2D eigenvalue weighted by Gasteiger charge is -2.28. The van der Waals surface area contributed by atoms with Gasteiger partial charge in [0.1, 0.15) is 0 Å². The minimum atomic E-state index is -0.659. The number of esters is 1. The fourth-order valence-electron chi connectivity index (χ4n) is 6.48. The predicted octanol–water partition coefficient (Wildman–Crippen LogP) is 5.31. The number of nitrogens with zero attached hydrogens (tertiary/aromatic N) is 1. The van der Waals surface area contributed by atoms with Crippen LogP contribution in [0.2, 0.25) is 5.02 Å². The van der Waals surface area contributed by atoms with Gasteiger partial charge < -0.3 is 4.74 Å². The van der Waals surface area contributed by atoms with Crippen molar-refractivity contribution in [1.29, 1.82) is 0 Å². The standard InChI is InChI=1S/C30H24ClNO5/c31-21-10-6-18(7-11-21)25(33)16-37-30(36)19-8-12-22(13-9-19)32-28(34)26-20-14-23(17-4-2-1-3-5-17)24(15-20)27(26)29(32)35/h1-13,20,23-24,26-27H,14-16H2/t20-,23+,24+,26-,27-/m1/s1. The molecule has 37 heavy (non-hydrogen) atoms. The Balaban J connectivity index is 1.13. The molecular weight excluding hydrogens is 490 g/mol. The Bertz CT molecular complexity index is 1390. The van der Waals surface area contributed by atoms with E-state index in [-0.39, 0.29) is 46.8 Å². The van der Waals surface area contributed by atoms with E-state index in [9.17, 15) is 19.2 Å². The first-order valence-electron chi connectivity index (χ1n) is 12.4. The number of amides is 2. The van der Waals surface area contributed by atoms with Crippen LogP contribution in [0.5, 0.6) is 0 Å². The van der Waals surface area contributed by atoms with Gasteiger partial charge >= 0.3 is 5.97 Å². The quantitative estimate of drug-likeness (QED) is 0.253. The molecule has 1 saturated heterocycles. The van der Waals surface area contributed by atoms with Crippen molar-refractivity contribution in [3.63, 3.8) is 0 Å². The van der Waals surface area contributed by atoms with Crippen LogP contribution in [0.4, 0.5) is 5.69 Å². The maximum atomic E-state index is 13.5. The Morgan fingerprint density at radius 2 is 1.46 bits per heavy atom. The van der Waals surface area contributed by atoms with Crippen molar-refractivity contribution in [2.45, 2.75) is 18.8 Å². The Labute approximate surface area is 219 Å². The van der Waals surface area contributed by atoms with Gasteiger partial charge in [-0.05, 0) is 84.7 Å². The third kappa shape index (κ3) is 4.05. The number of anilines is 1. The third-order valence-electron chi connectivity index (χ3n) is 8.11. The molecule has 6 nitrogen and oxygen atoms in total. The third-order valence-corrected chi connectivity index (χ3v) is 8.36. The number of ether oxygens (including phenoxy) is 1. The molecule has 2 bridgehead atoms. The molecule has 3 aromatic carbocycles. The highest BCUT2D eigenvalue weighted by molar-refractivity contribution is 6.30. The molecule has 2 aliphatic carbocycles. The summed E-state index contributed by atoms with van der Waals surface area (Å²) < 4.78 is 5.16. The smallest absolute Gasteiger partial charge is 0.338 e. The van der Waals surface area contributed by atoms with Gasteiger partial charge in [-0.2, -0.15) is 0 Å². The molecule has 3 fully saturated rings. The molecule has 1 heterocycles. The van der Waals surface area contributed by atoms with Crippen LogP contribution in [0.3, 0.4) is 0 Å². The van der Waals surface area contributed by atoms with E-state index < -0.39 is 12.6 Å². The van der Waals surface area contributed by atoms with Gasteiger partial charge in [0.15, 0.2) is 12.4 Å². The van der Waals surface area contributed by atoms with Gasteiger partial charge in [-0.15, -0.1) is 0 Å². The minimum Gasteiger partial charge on any atom is -0.454 e. The number of carbonyl (C=O) groups is 4. The lowest BCUT2D eigenvalue weighted by Crippen LogP contribution is -2.33. The van der Waals surface area contributed by atoms with E-state index in [4.69, 9.17) is 16.3 Å². The molecule has 2 saturated carbocycles. The molecular formula is C30H24ClNO5. The number of carbonyl (C=O) groups excluding carboxylic acids is 4. The molecule has 3 aliphatic rings. The topological polar surface area (TPSA) is 80.8 Å². The number of benzene rings is 3. The zero-order chi connectivity index (χ0) is 25.7. The van der Waals surface area contributed by atoms with Crippen LogP contribution >= 0.6 is 11.6 Å². The van der Waals surface area contributed by atoms with Gasteiger partial charge in [0, 0.05) is 10.6 Å². The molecule has 3 aromatic rings. The van der Waals surface area contributed by atoms with E-state index in [0.717, 1.165) is 12.8 Å². The molecule has 5 atom stereocenters. The Kier molecular flexibility index (Phi) is 5.92. The van der Waals surface area contributed by atoms with E-state index >= 15 is 0 Å². The van der Waals surface area contributed by atoms with E-state index in [2.05, 4.69) is 12.1 Å². The monoisotopic (exact) mass is 513 g/mol. The number of ketones is 1. The molecule has 0 aromatic heterocycles. The maximum Gasteiger partial charge on any atom is 0.338 e. The van der Waals surface area contributed by atoms with Crippen LogP contribution in [0, 0.1) is 23.7 Å². The van der Waals surface area contributed by atoms with E-state index in [1.54, 1.807) is 36.4 Å². The first-order chi connectivity index (χ1) is 17.9. The summed E-state index contributed by atoms with van der Waals surface area (Å²) in [6.07, 6.45) is 1.85. The largest absolute Gasteiger partial charge is 0.454 e. The lowest BCUT2D eigenvalue weighted by atomic mass is 9.73. The normalized spacial score (nSPS) is 25.9. The van der Waals surface area contributed by atoms with Crippen molar-refractivity contribution in [2.24, 2.45) is 23.7 Å². The van der Waals surface area contributed by atoms with E-state index in [1.807, 2.05) is 18.2 Å². The van der Waals surface area contributed by atoms with Gasteiger partial charge in [0.25, 0.3) is 0 Å². The lowest BCUT2D eigenvalue weighted by molar-refractivity contribution is -0.123. The van der Waals surface area contributed by atoms with E-state index in [0.29, 0.717) is 22.2 Å². The highest BCUT2D eigenvalue weighted by Gasteiger charge is 2.64.